The Kier molecular flexibility index (Phi) is 2.55. The normalized spacial score (nSPS) is 12.1. The van der Waals surface area contributed by atoms with E-state index in [1.54, 1.807) is 18.2 Å². The van der Waals surface area contributed by atoms with Gasteiger partial charge in [-0.2, -0.15) is 0 Å². The molecule has 0 spiro atoms. The topological polar surface area (TPSA) is 46.3 Å². The van der Waals surface area contributed by atoms with Gasteiger partial charge in [0.15, 0.2) is 5.76 Å². The molecular weight excluding hydrogens is 238 g/mol. The molecule has 0 unspecified atom stereocenters. The summed E-state index contributed by atoms with van der Waals surface area (Å²) in [6, 6.07) is 14.5. The molecule has 2 aromatic carbocycles. The number of aliphatic hydroxyl groups excluding tert-OH is 1. The van der Waals surface area contributed by atoms with Crippen LogP contribution in [-0.4, -0.2) is 10.1 Å². The number of nitrogens with zero attached hydrogens (tertiary/aromatic N) is 1. The van der Waals surface area contributed by atoms with Crippen LogP contribution in [0.1, 0.15) is 8.44 Å². The Hall–Kier alpha value is -2.39. The third kappa shape index (κ3) is 2.28. The SMILES string of the molecule is [3H]c1cccc([3H])c1-c1nc(CO)c(-c2ccccc2)o1. The molecule has 0 fully saturated rings. The van der Waals surface area contributed by atoms with Gasteiger partial charge in [0, 0.05) is 11.1 Å². The molecule has 3 rings (SSSR count). The van der Waals surface area contributed by atoms with Crippen molar-refractivity contribution in [3.63, 3.8) is 0 Å². The number of hydrogen-bond acceptors (Lipinski definition) is 3. The van der Waals surface area contributed by atoms with Gasteiger partial charge in [-0.15, -0.1) is 0 Å². The van der Waals surface area contributed by atoms with Gasteiger partial charge in [0.05, 0.1) is 9.35 Å². The molecule has 0 atom stereocenters. The fraction of sp³-hybridized carbons (Fsp3) is 0.0625. The smallest absolute Gasteiger partial charge is 0.227 e. The molecule has 1 aromatic heterocycles. The van der Waals surface area contributed by atoms with Gasteiger partial charge in [0.1, 0.15) is 5.69 Å². The highest BCUT2D eigenvalue weighted by atomic mass is 16.4. The molecule has 94 valence electrons. The van der Waals surface area contributed by atoms with E-state index in [1.165, 1.54) is 0 Å². The summed E-state index contributed by atoms with van der Waals surface area (Å²) in [5.74, 6) is 0.657. The monoisotopic (exact) mass is 255 g/mol. The lowest BCUT2D eigenvalue weighted by Crippen LogP contribution is -1.86. The molecule has 0 saturated carbocycles. The highest BCUT2D eigenvalue weighted by molar-refractivity contribution is 5.63. The molecule has 0 aliphatic rings. The van der Waals surface area contributed by atoms with Crippen molar-refractivity contribution in [3.05, 3.63) is 66.3 Å². The minimum absolute atomic E-state index is 0.174. The summed E-state index contributed by atoms with van der Waals surface area (Å²) in [6.45, 7) is -0.263. The Morgan fingerprint density at radius 1 is 1.00 bits per heavy atom. The van der Waals surface area contributed by atoms with Crippen molar-refractivity contribution in [2.75, 3.05) is 0 Å². The first kappa shape index (κ1) is 9.53. The van der Waals surface area contributed by atoms with Gasteiger partial charge >= 0.3 is 0 Å². The summed E-state index contributed by atoms with van der Waals surface area (Å²) in [6.07, 6.45) is 0. The predicted molar refractivity (Wildman–Crippen MR) is 73.3 cm³/mol. The van der Waals surface area contributed by atoms with E-state index >= 15 is 0 Å². The lowest BCUT2D eigenvalue weighted by molar-refractivity contribution is 0.277. The summed E-state index contributed by atoms with van der Waals surface area (Å²) in [7, 11) is 0. The Morgan fingerprint density at radius 3 is 2.37 bits per heavy atom. The summed E-state index contributed by atoms with van der Waals surface area (Å²) in [5.41, 5.74) is 1.53. The quantitative estimate of drug-likeness (QED) is 0.779. The zero-order valence-electron chi connectivity index (χ0n) is 12.1. The van der Waals surface area contributed by atoms with E-state index in [1.807, 2.05) is 30.3 Å². The number of aromatic nitrogens is 1. The van der Waals surface area contributed by atoms with Gasteiger partial charge < -0.3 is 9.52 Å². The van der Waals surface area contributed by atoms with Crippen LogP contribution in [0.4, 0.5) is 0 Å². The van der Waals surface area contributed by atoms with Gasteiger partial charge in [0.25, 0.3) is 0 Å². The zero-order valence-corrected chi connectivity index (χ0v) is 10.1. The second-order valence-corrected chi connectivity index (χ2v) is 4.01. The zero-order chi connectivity index (χ0) is 14.8. The third-order valence-electron chi connectivity index (χ3n) is 2.74. The maximum absolute atomic E-state index is 9.46. The van der Waals surface area contributed by atoms with Crippen LogP contribution in [0.2, 0.25) is 0 Å². The fourth-order valence-electron chi connectivity index (χ4n) is 1.86. The lowest BCUT2D eigenvalue weighted by atomic mass is 10.1. The fourth-order valence-corrected chi connectivity index (χ4v) is 1.86. The van der Waals surface area contributed by atoms with Gasteiger partial charge in [-0.05, 0) is 12.1 Å². The molecule has 0 aliphatic heterocycles. The molecular formula is C16H13NO2. The van der Waals surface area contributed by atoms with Crippen LogP contribution in [0, 0.1) is 0 Å². The van der Waals surface area contributed by atoms with Crippen LogP contribution in [0.15, 0.2) is 65.0 Å². The first-order chi connectivity index (χ1) is 10.2. The Labute approximate surface area is 114 Å². The van der Waals surface area contributed by atoms with Gasteiger partial charge in [-0.1, -0.05) is 48.5 Å². The number of hydrogen-bond donors (Lipinski definition) is 1. The number of benzene rings is 2. The second-order valence-electron chi connectivity index (χ2n) is 4.01. The van der Waals surface area contributed by atoms with Crippen LogP contribution in [0.25, 0.3) is 22.8 Å². The highest BCUT2D eigenvalue weighted by Gasteiger charge is 2.15. The maximum Gasteiger partial charge on any atom is 0.227 e. The molecule has 1 heterocycles. The van der Waals surface area contributed by atoms with E-state index in [9.17, 15) is 5.11 Å². The molecule has 3 heteroatoms. The van der Waals surface area contributed by atoms with E-state index in [4.69, 9.17) is 7.16 Å². The molecule has 3 aromatic rings. The first-order valence-corrected chi connectivity index (χ1v) is 5.93. The third-order valence-corrected chi connectivity index (χ3v) is 2.74. The van der Waals surface area contributed by atoms with Crippen molar-refractivity contribution >= 4 is 0 Å². The molecule has 19 heavy (non-hydrogen) atoms. The van der Waals surface area contributed by atoms with E-state index in [0.29, 0.717) is 17.0 Å². The van der Waals surface area contributed by atoms with Crippen molar-refractivity contribution < 1.29 is 12.3 Å². The molecule has 1 N–H and O–H groups in total. The largest absolute Gasteiger partial charge is 0.436 e. The minimum Gasteiger partial charge on any atom is -0.436 e. The van der Waals surface area contributed by atoms with E-state index in [0.717, 1.165) is 5.56 Å². The molecule has 0 saturated heterocycles. The van der Waals surface area contributed by atoms with Crippen molar-refractivity contribution in [1.82, 2.24) is 4.98 Å². The van der Waals surface area contributed by atoms with Gasteiger partial charge in [-0.3, -0.25) is 0 Å². The minimum atomic E-state index is -0.263. The molecule has 0 bridgehead atoms. The summed E-state index contributed by atoms with van der Waals surface area (Å²) >= 11 is 0. The Balaban J connectivity index is 2.17. The van der Waals surface area contributed by atoms with E-state index < -0.39 is 0 Å². The summed E-state index contributed by atoms with van der Waals surface area (Å²) in [4.78, 5) is 4.24. The van der Waals surface area contributed by atoms with Crippen LogP contribution in [-0.2, 0) is 6.61 Å². The number of aliphatic hydroxyl groups is 1. The first-order valence-electron chi connectivity index (χ1n) is 6.93. The van der Waals surface area contributed by atoms with Crippen molar-refractivity contribution in [1.29, 1.82) is 0 Å². The second kappa shape index (κ2) is 5.08. The van der Waals surface area contributed by atoms with Crippen molar-refractivity contribution in [2.45, 2.75) is 6.61 Å². The molecule has 0 aliphatic carbocycles. The number of oxazole rings is 1. The van der Waals surface area contributed by atoms with E-state index in [2.05, 4.69) is 4.98 Å². The van der Waals surface area contributed by atoms with Crippen molar-refractivity contribution in [3.8, 4) is 22.8 Å². The highest BCUT2D eigenvalue weighted by Crippen LogP contribution is 2.29. The average molecular weight is 255 g/mol. The standard InChI is InChI=1S/C16H13NO2/c18-11-14-15(12-7-3-1-4-8-12)19-16(17-14)13-9-5-2-6-10-13/h1-10,18H,11H2/i9T,10T. The van der Waals surface area contributed by atoms with Crippen LogP contribution < -0.4 is 0 Å². The van der Waals surface area contributed by atoms with Gasteiger partial charge in [0.2, 0.25) is 5.89 Å². The number of rotatable bonds is 3. The van der Waals surface area contributed by atoms with Gasteiger partial charge in [-0.25, -0.2) is 4.98 Å². The Bertz CT molecular complexity index is 749. The van der Waals surface area contributed by atoms with Crippen LogP contribution in [0.5, 0.6) is 0 Å². The predicted octanol–water partition coefficient (Wildman–Crippen LogP) is 3.50. The van der Waals surface area contributed by atoms with E-state index in [-0.39, 0.29) is 24.6 Å². The molecule has 0 radical (unpaired) electrons. The van der Waals surface area contributed by atoms with Crippen LogP contribution in [0.3, 0.4) is 0 Å². The van der Waals surface area contributed by atoms with Crippen molar-refractivity contribution in [2.24, 2.45) is 0 Å². The maximum atomic E-state index is 9.46. The lowest BCUT2D eigenvalue weighted by Gasteiger charge is -1.97. The average Bonchev–Trinajstić information content (AvgIpc) is 2.92. The Morgan fingerprint density at radius 2 is 1.68 bits per heavy atom. The molecule has 0 amide bonds. The summed E-state index contributed by atoms with van der Waals surface area (Å²) in [5, 5.41) is 9.46. The molecule has 3 nitrogen and oxygen atoms in total. The summed E-state index contributed by atoms with van der Waals surface area (Å²) < 4.78 is 21.5. The van der Waals surface area contributed by atoms with Crippen LogP contribution >= 0.6 is 0 Å².